The molecule has 0 saturated heterocycles. The molecule has 2 aromatic rings. The van der Waals surface area contributed by atoms with Crippen LogP contribution in [0.5, 0.6) is 0 Å². The summed E-state index contributed by atoms with van der Waals surface area (Å²) in [7, 11) is 0. The predicted molar refractivity (Wildman–Crippen MR) is 82.2 cm³/mol. The third-order valence-electron chi connectivity index (χ3n) is 4.16. The Morgan fingerprint density at radius 3 is 2.50 bits per heavy atom. The van der Waals surface area contributed by atoms with Gasteiger partial charge < -0.3 is 5.32 Å². The molecule has 1 aliphatic heterocycles. The van der Waals surface area contributed by atoms with Gasteiger partial charge in [0.25, 0.3) is 0 Å². The molecule has 1 aliphatic rings. The number of nitrogens with one attached hydrogen (secondary N) is 1. The van der Waals surface area contributed by atoms with Gasteiger partial charge in [-0.3, -0.25) is 4.79 Å². The van der Waals surface area contributed by atoms with E-state index in [1.807, 2.05) is 24.3 Å². The zero-order valence-electron chi connectivity index (χ0n) is 11.9. The number of hydrogen-bond donors (Lipinski definition) is 1. The van der Waals surface area contributed by atoms with Crippen LogP contribution in [0.25, 0.3) is 0 Å². The van der Waals surface area contributed by atoms with Gasteiger partial charge in [-0.05, 0) is 42.2 Å². The highest BCUT2D eigenvalue weighted by Crippen LogP contribution is 2.26. The summed E-state index contributed by atoms with van der Waals surface area (Å²) in [5.41, 5.74) is 5.93. The zero-order chi connectivity index (χ0) is 14.1. The van der Waals surface area contributed by atoms with Gasteiger partial charge in [0.2, 0.25) is 0 Å². The summed E-state index contributed by atoms with van der Waals surface area (Å²) in [6, 6.07) is 14.3. The van der Waals surface area contributed by atoms with Crippen molar-refractivity contribution in [2.45, 2.75) is 32.7 Å². The summed E-state index contributed by atoms with van der Waals surface area (Å²) in [5.74, 6) is 0.276. The summed E-state index contributed by atoms with van der Waals surface area (Å²) in [4.78, 5) is 12.5. The number of para-hydroxylation sites is 1. The van der Waals surface area contributed by atoms with Crippen LogP contribution in [0.15, 0.2) is 42.5 Å². The Morgan fingerprint density at radius 2 is 1.80 bits per heavy atom. The van der Waals surface area contributed by atoms with Crippen LogP contribution in [0.3, 0.4) is 0 Å². The maximum Gasteiger partial charge on any atom is 0.159 e. The summed E-state index contributed by atoms with van der Waals surface area (Å²) in [6.07, 6.45) is 1.32. The molecule has 3 rings (SSSR count). The second-order valence-corrected chi connectivity index (χ2v) is 5.57. The SMILES string of the molecule is Cc1cccc(C)c1CC(=O)C1Cc2ccccc2N1. The predicted octanol–water partition coefficient (Wildman–Crippen LogP) is 3.45. The van der Waals surface area contributed by atoms with E-state index in [0.29, 0.717) is 6.42 Å². The third kappa shape index (κ3) is 2.34. The standard InChI is InChI=1S/C18H19NO/c1-12-6-5-7-13(2)15(12)11-18(20)17-10-14-8-3-4-9-16(14)19-17/h3-9,17,19H,10-11H2,1-2H3. The molecule has 2 heteroatoms. The number of fused-ring (bicyclic) bond motifs is 1. The Bertz CT molecular complexity index is 615. The van der Waals surface area contributed by atoms with Crippen molar-refractivity contribution in [1.29, 1.82) is 0 Å². The molecule has 2 aromatic carbocycles. The maximum absolute atomic E-state index is 12.5. The van der Waals surface area contributed by atoms with Gasteiger partial charge in [0.1, 0.15) is 0 Å². The van der Waals surface area contributed by atoms with Crippen LogP contribution < -0.4 is 5.32 Å². The molecule has 1 unspecified atom stereocenters. The fraction of sp³-hybridized carbons (Fsp3) is 0.278. The van der Waals surface area contributed by atoms with E-state index in [1.54, 1.807) is 0 Å². The number of Topliss-reactive ketones (excluding diaryl/α,β-unsaturated/α-hetero) is 1. The van der Waals surface area contributed by atoms with Crippen molar-refractivity contribution in [3.8, 4) is 0 Å². The van der Waals surface area contributed by atoms with Gasteiger partial charge in [-0.1, -0.05) is 36.4 Å². The second-order valence-electron chi connectivity index (χ2n) is 5.57. The Balaban J connectivity index is 1.76. The third-order valence-corrected chi connectivity index (χ3v) is 4.16. The van der Waals surface area contributed by atoms with Crippen LogP contribution in [0.1, 0.15) is 22.3 Å². The summed E-state index contributed by atoms with van der Waals surface area (Å²) in [6.45, 7) is 4.15. The molecule has 20 heavy (non-hydrogen) atoms. The summed E-state index contributed by atoms with van der Waals surface area (Å²) in [5, 5.41) is 3.34. The average molecular weight is 265 g/mol. The fourth-order valence-corrected chi connectivity index (χ4v) is 2.92. The van der Waals surface area contributed by atoms with E-state index in [9.17, 15) is 4.79 Å². The number of aryl methyl sites for hydroxylation is 2. The molecular formula is C18H19NO. The van der Waals surface area contributed by atoms with Gasteiger partial charge in [-0.25, -0.2) is 0 Å². The average Bonchev–Trinajstić information content (AvgIpc) is 2.87. The fourth-order valence-electron chi connectivity index (χ4n) is 2.92. The lowest BCUT2D eigenvalue weighted by atomic mass is 9.95. The van der Waals surface area contributed by atoms with Crippen LogP contribution in [0, 0.1) is 13.8 Å². The number of rotatable bonds is 3. The van der Waals surface area contributed by atoms with E-state index in [2.05, 4.69) is 37.4 Å². The first-order valence-corrected chi connectivity index (χ1v) is 7.07. The molecule has 1 N–H and O–H groups in total. The molecular weight excluding hydrogens is 246 g/mol. The van der Waals surface area contributed by atoms with Gasteiger partial charge in [-0.2, -0.15) is 0 Å². The van der Waals surface area contributed by atoms with Crippen LogP contribution in [-0.4, -0.2) is 11.8 Å². The molecule has 0 fully saturated rings. The van der Waals surface area contributed by atoms with E-state index in [1.165, 1.54) is 22.3 Å². The summed E-state index contributed by atoms with van der Waals surface area (Å²) >= 11 is 0. The quantitative estimate of drug-likeness (QED) is 0.921. The largest absolute Gasteiger partial charge is 0.375 e. The van der Waals surface area contributed by atoms with Crippen LogP contribution in [-0.2, 0) is 17.6 Å². The highest BCUT2D eigenvalue weighted by atomic mass is 16.1. The number of carbonyl (C=O) groups is 1. The molecule has 0 spiro atoms. The first-order valence-electron chi connectivity index (χ1n) is 7.07. The van der Waals surface area contributed by atoms with Gasteiger partial charge in [-0.15, -0.1) is 0 Å². The molecule has 2 nitrogen and oxygen atoms in total. The van der Waals surface area contributed by atoms with Crippen molar-refractivity contribution < 1.29 is 4.79 Å². The Hall–Kier alpha value is -2.09. The Morgan fingerprint density at radius 1 is 1.10 bits per heavy atom. The topological polar surface area (TPSA) is 29.1 Å². The van der Waals surface area contributed by atoms with E-state index in [4.69, 9.17) is 0 Å². The molecule has 0 aliphatic carbocycles. The van der Waals surface area contributed by atoms with Crippen LogP contribution >= 0.6 is 0 Å². The highest BCUT2D eigenvalue weighted by Gasteiger charge is 2.26. The van der Waals surface area contributed by atoms with Crippen molar-refractivity contribution in [1.82, 2.24) is 0 Å². The first-order chi connectivity index (χ1) is 9.65. The highest BCUT2D eigenvalue weighted by molar-refractivity contribution is 5.91. The van der Waals surface area contributed by atoms with E-state index in [-0.39, 0.29) is 11.8 Å². The maximum atomic E-state index is 12.5. The van der Waals surface area contributed by atoms with Gasteiger partial charge in [0, 0.05) is 18.5 Å². The minimum Gasteiger partial charge on any atom is -0.375 e. The minimum atomic E-state index is -0.0774. The van der Waals surface area contributed by atoms with Crippen molar-refractivity contribution >= 4 is 11.5 Å². The van der Waals surface area contributed by atoms with Crippen molar-refractivity contribution in [3.63, 3.8) is 0 Å². The van der Waals surface area contributed by atoms with Crippen molar-refractivity contribution in [3.05, 3.63) is 64.7 Å². The smallest absolute Gasteiger partial charge is 0.159 e. The molecule has 0 aromatic heterocycles. The van der Waals surface area contributed by atoms with Gasteiger partial charge in [0.15, 0.2) is 5.78 Å². The lowest BCUT2D eigenvalue weighted by Crippen LogP contribution is -2.28. The molecule has 0 saturated carbocycles. The van der Waals surface area contributed by atoms with Gasteiger partial charge in [0.05, 0.1) is 6.04 Å². The van der Waals surface area contributed by atoms with Crippen molar-refractivity contribution in [2.75, 3.05) is 5.32 Å². The molecule has 102 valence electrons. The minimum absolute atomic E-state index is 0.0774. The van der Waals surface area contributed by atoms with Crippen molar-refractivity contribution in [2.24, 2.45) is 0 Å². The molecule has 1 heterocycles. The van der Waals surface area contributed by atoms with E-state index in [0.717, 1.165) is 12.1 Å². The number of anilines is 1. The monoisotopic (exact) mass is 265 g/mol. The number of hydrogen-bond acceptors (Lipinski definition) is 2. The number of ketones is 1. The Labute approximate surface area is 119 Å². The number of carbonyl (C=O) groups excluding carboxylic acids is 1. The zero-order valence-corrected chi connectivity index (χ0v) is 11.9. The molecule has 0 amide bonds. The Kier molecular flexibility index (Phi) is 3.31. The normalized spacial score (nSPS) is 16.6. The van der Waals surface area contributed by atoms with Crippen LogP contribution in [0.2, 0.25) is 0 Å². The summed E-state index contributed by atoms with van der Waals surface area (Å²) < 4.78 is 0. The molecule has 0 bridgehead atoms. The van der Waals surface area contributed by atoms with Crippen LogP contribution in [0.4, 0.5) is 5.69 Å². The van der Waals surface area contributed by atoms with E-state index < -0.39 is 0 Å². The van der Waals surface area contributed by atoms with Gasteiger partial charge >= 0.3 is 0 Å². The lowest BCUT2D eigenvalue weighted by Gasteiger charge is -2.13. The lowest BCUT2D eigenvalue weighted by molar-refractivity contribution is -0.119. The van der Waals surface area contributed by atoms with E-state index >= 15 is 0 Å². The molecule has 1 atom stereocenters. The number of benzene rings is 2. The first kappa shape index (κ1) is 12.9. The second kappa shape index (κ2) is 5.12. The molecule has 0 radical (unpaired) electrons.